The molecule has 0 radical (unpaired) electrons. The molecule has 5 rings (SSSR count). The zero-order valence-electron chi connectivity index (χ0n) is 19.0. The summed E-state index contributed by atoms with van der Waals surface area (Å²) in [5.41, 5.74) is 3.60. The number of H-pyrrole nitrogens is 1. The summed E-state index contributed by atoms with van der Waals surface area (Å²) in [7, 11) is 1.65. The van der Waals surface area contributed by atoms with Crippen molar-refractivity contribution < 1.29 is 4.74 Å². The van der Waals surface area contributed by atoms with Gasteiger partial charge in [-0.2, -0.15) is 0 Å². The number of aromatic amines is 1. The molecule has 8 heteroatoms. The monoisotopic (exact) mass is 444 g/mol. The van der Waals surface area contributed by atoms with Crippen molar-refractivity contribution in [2.24, 2.45) is 0 Å². The molecule has 1 atom stereocenters. The average Bonchev–Trinajstić information content (AvgIpc) is 3.28. The third kappa shape index (κ3) is 4.39. The number of rotatable bonds is 6. The molecule has 0 bridgehead atoms. The lowest BCUT2D eigenvalue weighted by Gasteiger charge is -2.33. The lowest BCUT2D eigenvalue weighted by atomic mass is 10.00. The number of nitrogens with zero attached hydrogens (tertiary/aromatic N) is 5. The van der Waals surface area contributed by atoms with Crippen LogP contribution in [0.5, 0.6) is 5.75 Å². The Hall–Kier alpha value is -3.52. The number of methoxy groups -OCH3 is 1. The van der Waals surface area contributed by atoms with E-state index in [1.165, 1.54) is 6.42 Å². The van der Waals surface area contributed by atoms with E-state index in [0.717, 1.165) is 53.7 Å². The highest BCUT2D eigenvalue weighted by molar-refractivity contribution is 5.79. The predicted octanol–water partition coefficient (Wildman–Crippen LogP) is 3.46. The van der Waals surface area contributed by atoms with Crippen LogP contribution in [-0.4, -0.2) is 50.3 Å². The summed E-state index contributed by atoms with van der Waals surface area (Å²) in [6.45, 7) is 4.35. The van der Waals surface area contributed by atoms with Gasteiger partial charge in [0.05, 0.1) is 13.7 Å². The Morgan fingerprint density at radius 1 is 1.06 bits per heavy atom. The van der Waals surface area contributed by atoms with Gasteiger partial charge in [-0.1, -0.05) is 30.7 Å². The summed E-state index contributed by atoms with van der Waals surface area (Å²) in [6.07, 6.45) is 3.40. The van der Waals surface area contributed by atoms with Gasteiger partial charge in [0.1, 0.15) is 11.8 Å². The highest BCUT2D eigenvalue weighted by Gasteiger charge is 2.31. The van der Waals surface area contributed by atoms with Crippen LogP contribution in [0, 0.1) is 6.92 Å². The van der Waals surface area contributed by atoms with Crippen LogP contribution < -0.4 is 10.3 Å². The molecule has 0 aliphatic carbocycles. The highest BCUT2D eigenvalue weighted by atomic mass is 16.5. The van der Waals surface area contributed by atoms with Gasteiger partial charge in [-0.05, 0) is 84.1 Å². The molecule has 3 heterocycles. The molecule has 33 heavy (non-hydrogen) atoms. The third-order valence-corrected chi connectivity index (χ3v) is 6.38. The van der Waals surface area contributed by atoms with Crippen molar-refractivity contribution in [2.75, 3.05) is 20.2 Å². The van der Waals surface area contributed by atoms with Crippen molar-refractivity contribution in [3.8, 4) is 5.75 Å². The van der Waals surface area contributed by atoms with Gasteiger partial charge in [0.15, 0.2) is 5.82 Å². The van der Waals surface area contributed by atoms with Gasteiger partial charge in [-0.3, -0.25) is 9.69 Å². The Kier molecular flexibility index (Phi) is 5.92. The first-order valence-corrected chi connectivity index (χ1v) is 11.4. The number of piperidine rings is 1. The number of likely N-dealkylation sites (tertiary alicyclic amines) is 1. The molecular weight excluding hydrogens is 416 g/mol. The number of tetrazole rings is 1. The fourth-order valence-corrected chi connectivity index (χ4v) is 4.63. The van der Waals surface area contributed by atoms with Crippen molar-refractivity contribution in [1.29, 1.82) is 0 Å². The normalized spacial score (nSPS) is 15.6. The first-order chi connectivity index (χ1) is 16.1. The molecule has 0 unspecified atom stereocenters. The maximum atomic E-state index is 13.3. The molecule has 1 aliphatic heterocycles. The van der Waals surface area contributed by atoms with E-state index >= 15 is 0 Å². The fraction of sp³-hybridized carbons (Fsp3) is 0.360. The molecule has 1 aliphatic rings. The maximum Gasteiger partial charge on any atom is 0.253 e. The van der Waals surface area contributed by atoms with Crippen LogP contribution >= 0.6 is 0 Å². The summed E-state index contributed by atoms with van der Waals surface area (Å²) in [6, 6.07) is 15.7. The highest BCUT2D eigenvalue weighted by Crippen LogP contribution is 2.29. The van der Waals surface area contributed by atoms with Crippen LogP contribution in [0.2, 0.25) is 0 Å². The number of ether oxygens (including phenoxy) is 1. The lowest BCUT2D eigenvalue weighted by molar-refractivity contribution is 0.177. The van der Waals surface area contributed by atoms with Crippen LogP contribution in [-0.2, 0) is 6.54 Å². The van der Waals surface area contributed by atoms with E-state index in [1.807, 2.05) is 43.3 Å². The minimum atomic E-state index is -0.312. The summed E-state index contributed by atoms with van der Waals surface area (Å²) >= 11 is 0. The topological polar surface area (TPSA) is 88.9 Å². The Morgan fingerprint density at radius 3 is 2.61 bits per heavy atom. The Labute approximate surface area is 192 Å². The molecule has 1 saturated heterocycles. The molecule has 170 valence electrons. The molecule has 1 N–H and O–H groups in total. The van der Waals surface area contributed by atoms with Crippen LogP contribution in [0.3, 0.4) is 0 Å². The second-order valence-electron chi connectivity index (χ2n) is 8.69. The third-order valence-electron chi connectivity index (χ3n) is 6.38. The lowest BCUT2D eigenvalue weighted by Crippen LogP contribution is -2.38. The van der Waals surface area contributed by atoms with Gasteiger partial charge in [-0.15, -0.1) is 5.10 Å². The molecule has 0 saturated carbocycles. The van der Waals surface area contributed by atoms with Crippen LogP contribution in [0.25, 0.3) is 10.9 Å². The molecule has 1 fully saturated rings. The van der Waals surface area contributed by atoms with E-state index in [0.29, 0.717) is 17.9 Å². The van der Waals surface area contributed by atoms with Crippen molar-refractivity contribution >= 4 is 10.9 Å². The first kappa shape index (κ1) is 21.3. The maximum absolute atomic E-state index is 13.3. The minimum Gasteiger partial charge on any atom is -0.497 e. The number of hydrogen-bond acceptors (Lipinski definition) is 6. The van der Waals surface area contributed by atoms with E-state index in [-0.39, 0.29) is 11.6 Å². The molecule has 0 spiro atoms. The number of aryl methyl sites for hydroxylation is 1. The van der Waals surface area contributed by atoms with Crippen molar-refractivity contribution in [3.05, 3.63) is 81.4 Å². The number of aromatic nitrogens is 5. The summed E-state index contributed by atoms with van der Waals surface area (Å²) in [4.78, 5) is 18.7. The summed E-state index contributed by atoms with van der Waals surface area (Å²) in [5, 5.41) is 13.7. The summed E-state index contributed by atoms with van der Waals surface area (Å²) < 4.78 is 7.07. The van der Waals surface area contributed by atoms with Gasteiger partial charge in [0.2, 0.25) is 0 Å². The largest absolute Gasteiger partial charge is 0.497 e. The molecule has 8 nitrogen and oxygen atoms in total. The van der Waals surface area contributed by atoms with Crippen molar-refractivity contribution in [2.45, 2.75) is 38.8 Å². The van der Waals surface area contributed by atoms with Crippen LogP contribution in [0.1, 0.15) is 47.8 Å². The molecule has 0 amide bonds. The van der Waals surface area contributed by atoms with Gasteiger partial charge < -0.3 is 9.72 Å². The SMILES string of the molecule is COc1ccc(Cn2nnnc2[C@H](c2cc3ccc(C)cc3[nH]c2=O)N2CCCCC2)cc1. The minimum absolute atomic E-state index is 0.0947. The van der Waals surface area contributed by atoms with E-state index in [9.17, 15) is 4.79 Å². The molecular formula is C25H28N6O2. The van der Waals surface area contributed by atoms with Gasteiger partial charge in [-0.25, -0.2) is 4.68 Å². The summed E-state index contributed by atoms with van der Waals surface area (Å²) in [5.74, 6) is 1.49. The van der Waals surface area contributed by atoms with Crippen LogP contribution in [0.4, 0.5) is 0 Å². The Balaban J connectivity index is 1.58. The second kappa shape index (κ2) is 9.15. The standard InChI is InChI=1S/C25H28N6O2/c1-17-6-9-19-15-21(25(32)26-22(19)14-17)23(30-12-4-3-5-13-30)24-27-28-29-31(24)16-18-7-10-20(33-2)11-8-18/h6-11,14-15,23H,3-5,12-13,16H2,1-2H3,(H,26,32)/t23-/m0/s1. The number of pyridine rings is 1. The van der Waals surface area contributed by atoms with Crippen molar-refractivity contribution in [3.63, 3.8) is 0 Å². The van der Waals surface area contributed by atoms with E-state index < -0.39 is 0 Å². The quantitative estimate of drug-likeness (QED) is 0.490. The van der Waals surface area contributed by atoms with E-state index in [2.05, 4.69) is 37.5 Å². The first-order valence-electron chi connectivity index (χ1n) is 11.4. The second-order valence-corrected chi connectivity index (χ2v) is 8.69. The average molecular weight is 445 g/mol. The van der Waals surface area contributed by atoms with E-state index in [1.54, 1.807) is 11.8 Å². The number of fused-ring (bicyclic) bond motifs is 1. The van der Waals surface area contributed by atoms with Gasteiger partial charge in [0, 0.05) is 11.1 Å². The van der Waals surface area contributed by atoms with Gasteiger partial charge in [0.25, 0.3) is 5.56 Å². The van der Waals surface area contributed by atoms with Crippen molar-refractivity contribution in [1.82, 2.24) is 30.1 Å². The number of nitrogens with one attached hydrogen (secondary N) is 1. The number of hydrogen-bond donors (Lipinski definition) is 1. The zero-order valence-corrected chi connectivity index (χ0v) is 19.0. The Morgan fingerprint density at radius 2 is 1.85 bits per heavy atom. The van der Waals surface area contributed by atoms with Gasteiger partial charge >= 0.3 is 0 Å². The smallest absolute Gasteiger partial charge is 0.253 e. The molecule has 2 aromatic carbocycles. The molecule has 4 aromatic rings. The fourth-order valence-electron chi connectivity index (χ4n) is 4.63. The molecule has 2 aromatic heterocycles. The number of benzene rings is 2. The van der Waals surface area contributed by atoms with E-state index in [4.69, 9.17) is 4.74 Å². The zero-order chi connectivity index (χ0) is 22.8. The Bertz CT molecular complexity index is 1300. The van der Waals surface area contributed by atoms with Crippen LogP contribution in [0.15, 0.2) is 53.3 Å². The predicted molar refractivity (Wildman–Crippen MR) is 126 cm³/mol.